The van der Waals surface area contributed by atoms with Crippen LogP contribution in [0.4, 0.5) is 0 Å². The molecule has 0 radical (unpaired) electrons. The van der Waals surface area contributed by atoms with Crippen molar-refractivity contribution in [1.29, 1.82) is 0 Å². The molecule has 0 unspecified atom stereocenters. The number of fused-ring (bicyclic) bond motifs is 1. The molecular weight excluding hydrogens is 284 g/mol. The van der Waals surface area contributed by atoms with Crippen molar-refractivity contribution in [2.45, 2.75) is 13.5 Å². The summed E-state index contributed by atoms with van der Waals surface area (Å²) in [6, 6.07) is 15.1. The van der Waals surface area contributed by atoms with Gasteiger partial charge in [0.15, 0.2) is 0 Å². The molecule has 1 N–H and O–H groups in total. The number of benzene rings is 2. The Balaban J connectivity index is 1.83. The lowest BCUT2D eigenvalue weighted by molar-refractivity contribution is 0.0699. The summed E-state index contributed by atoms with van der Waals surface area (Å²) in [6.07, 6.45) is 0. The lowest BCUT2D eigenvalue weighted by Crippen LogP contribution is -1.95. The van der Waals surface area contributed by atoms with Gasteiger partial charge in [0.2, 0.25) is 0 Å². The number of hydrogen-bond acceptors (Lipinski definition) is 3. The molecule has 4 heteroatoms. The third-order valence-electron chi connectivity index (χ3n) is 3.24. The van der Waals surface area contributed by atoms with E-state index in [1.54, 1.807) is 23.5 Å². The molecule has 3 rings (SSSR count). The predicted octanol–water partition coefficient (Wildman–Crippen LogP) is 4.49. The smallest absolute Gasteiger partial charge is 0.336 e. The molecule has 0 fully saturated rings. The van der Waals surface area contributed by atoms with Crippen LogP contribution in [0.5, 0.6) is 5.75 Å². The van der Waals surface area contributed by atoms with Crippen molar-refractivity contribution in [2.75, 3.05) is 0 Å². The second-order valence-corrected chi connectivity index (χ2v) is 6.01. The summed E-state index contributed by atoms with van der Waals surface area (Å²) in [5, 5.41) is 9.97. The van der Waals surface area contributed by atoms with Crippen LogP contribution in [0.3, 0.4) is 0 Å². The average molecular weight is 298 g/mol. The highest BCUT2D eigenvalue weighted by atomic mass is 32.1. The van der Waals surface area contributed by atoms with Gasteiger partial charge < -0.3 is 9.84 Å². The molecule has 3 nitrogen and oxygen atoms in total. The first-order valence-electron chi connectivity index (χ1n) is 6.58. The molecule has 0 bridgehead atoms. The van der Waals surface area contributed by atoms with Crippen LogP contribution in [0.15, 0.2) is 48.5 Å². The predicted molar refractivity (Wildman–Crippen MR) is 84.3 cm³/mol. The quantitative estimate of drug-likeness (QED) is 0.772. The first kappa shape index (κ1) is 13.6. The van der Waals surface area contributed by atoms with E-state index in [1.807, 2.05) is 43.3 Å². The van der Waals surface area contributed by atoms with Gasteiger partial charge in [-0.05, 0) is 37.3 Å². The first-order chi connectivity index (χ1) is 10.1. The maximum absolute atomic E-state index is 11.2. The van der Waals surface area contributed by atoms with Gasteiger partial charge in [0.05, 0.1) is 5.56 Å². The number of aryl methyl sites for hydroxylation is 1. The van der Waals surface area contributed by atoms with Gasteiger partial charge in [-0.25, -0.2) is 4.79 Å². The average Bonchev–Trinajstić information content (AvgIpc) is 2.89. The minimum atomic E-state index is -0.899. The molecule has 3 aromatic rings. The van der Waals surface area contributed by atoms with Gasteiger partial charge in [-0.2, -0.15) is 0 Å². The summed E-state index contributed by atoms with van der Waals surface area (Å²) in [5.74, 6) is -0.0825. The van der Waals surface area contributed by atoms with Crippen molar-refractivity contribution in [1.82, 2.24) is 0 Å². The molecule has 1 aromatic heterocycles. The van der Waals surface area contributed by atoms with E-state index in [1.165, 1.54) is 5.56 Å². The van der Waals surface area contributed by atoms with E-state index in [4.69, 9.17) is 4.74 Å². The molecule has 0 aliphatic carbocycles. The number of carbonyl (C=O) groups is 1. The molecule has 106 valence electrons. The summed E-state index contributed by atoms with van der Waals surface area (Å²) in [7, 11) is 0. The molecule has 0 saturated carbocycles. The molecule has 2 aromatic carbocycles. The first-order valence-corrected chi connectivity index (χ1v) is 7.39. The molecule has 0 atom stereocenters. The van der Waals surface area contributed by atoms with Crippen molar-refractivity contribution in [3.8, 4) is 5.75 Å². The lowest BCUT2D eigenvalue weighted by Gasteiger charge is -2.04. The zero-order valence-corrected chi connectivity index (χ0v) is 12.3. The Bertz CT molecular complexity index is 787. The Kier molecular flexibility index (Phi) is 3.62. The van der Waals surface area contributed by atoms with Gasteiger partial charge in [-0.3, -0.25) is 0 Å². The Labute approximate surface area is 126 Å². The normalized spacial score (nSPS) is 10.7. The number of thiophene rings is 1. The second-order valence-electron chi connectivity index (χ2n) is 4.84. The maximum Gasteiger partial charge on any atom is 0.336 e. The van der Waals surface area contributed by atoms with E-state index in [9.17, 15) is 9.90 Å². The van der Waals surface area contributed by atoms with Crippen molar-refractivity contribution >= 4 is 27.4 Å². The summed E-state index contributed by atoms with van der Waals surface area (Å²) >= 11 is 1.56. The minimum absolute atomic E-state index is 0.338. The van der Waals surface area contributed by atoms with Crippen molar-refractivity contribution < 1.29 is 14.6 Å². The van der Waals surface area contributed by atoms with Crippen molar-refractivity contribution in [3.05, 3.63) is 64.5 Å². The number of ether oxygens (including phenoxy) is 1. The SMILES string of the molecule is Cc1ccc(OCc2cc3c(C(=O)O)cccc3s2)cc1. The zero-order valence-electron chi connectivity index (χ0n) is 11.5. The van der Waals surface area contributed by atoms with Gasteiger partial charge in [0.25, 0.3) is 0 Å². The van der Waals surface area contributed by atoms with E-state index in [2.05, 4.69) is 0 Å². The van der Waals surface area contributed by atoms with Crippen LogP contribution in [0.2, 0.25) is 0 Å². The van der Waals surface area contributed by atoms with Crippen LogP contribution < -0.4 is 4.74 Å². The molecule has 1 heterocycles. The van der Waals surface area contributed by atoms with Crippen LogP contribution in [0.25, 0.3) is 10.1 Å². The monoisotopic (exact) mass is 298 g/mol. The topological polar surface area (TPSA) is 46.5 Å². The number of carboxylic acids is 1. The van der Waals surface area contributed by atoms with Gasteiger partial charge in [0, 0.05) is 15.0 Å². The fraction of sp³-hybridized carbons (Fsp3) is 0.118. The third kappa shape index (κ3) is 2.90. The highest BCUT2D eigenvalue weighted by Gasteiger charge is 2.11. The second kappa shape index (κ2) is 5.58. The van der Waals surface area contributed by atoms with Crippen molar-refractivity contribution in [2.24, 2.45) is 0 Å². The van der Waals surface area contributed by atoms with Crippen LogP contribution in [-0.4, -0.2) is 11.1 Å². The fourth-order valence-electron chi connectivity index (χ4n) is 2.16. The highest BCUT2D eigenvalue weighted by Crippen LogP contribution is 2.29. The Morgan fingerprint density at radius 3 is 2.67 bits per heavy atom. The minimum Gasteiger partial charge on any atom is -0.488 e. The van der Waals surface area contributed by atoms with Crippen LogP contribution in [0, 0.1) is 6.92 Å². The number of carboxylic acid groups (broad SMARTS) is 1. The summed E-state index contributed by atoms with van der Waals surface area (Å²) in [5.41, 5.74) is 1.53. The molecular formula is C17H14O3S. The maximum atomic E-state index is 11.2. The molecule has 0 aliphatic rings. The summed E-state index contributed by atoms with van der Waals surface area (Å²) in [6.45, 7) is 2.48. The lowest BCUT2D eigenvalue weighted by atomic mass is 10.1. The molecule has 0 spiro atoms. The van der Waals surface area contributed by atoms with Crippen molar-refractivity contribution in [3.63, 3.8) is 0 Å². The molecule has 0 saturated heterocycles. The Morgan fingerprint density at radius 2 is 1.95 bits per heavy atom. The van der Waals surface area contributed by atoms with E-state index in [-0.39, 0.29) is 0 Å². The highest BCUT2D eigenvalue weighted by molar-refractivity contribution is 7.19. The van der Waals surface area contributed by atoms with E-state index < -0.39 is 5.97 Å². The van der Waals surface area contributed by atoms with Gasteiger partial charge >= 0.3 is 5.97 Å². The summed E-state index contributed by atoms with van der Waals surface area (Å²) in [4.78, 5) is 12.2. The number of aromatic carboxylic acids is 1. The third-order valence-corrected chi connectivity index (χ3v) is 4.32. The molecule has 0 amide bonds. The van der Waals surface area contributed by atoms with Gasteiger partial charge in [0.1, 0.15) is 12.4 Å². The van der Waals surface area contributed by atoms with Gasteiger partial charge in [-0.15, -0.1) is 11.3 Å². The van der Waals surface area contributed by atoms with Crippen LogP contribution >= 0.6 is 11.3 Å². The largest absolute Gasteiger partial charge is 0.488 e. The number of hydrogen-bond donors (Lipinski definition) is 1. The molecule has 21 heavy (non-hydrogen) atoms. The Morgan fingerprint density at radius 1 is 1.19 bits per heavy atom. The van der Waals surface area contributed by atoms with Gasteiger partial charge in [-0.1, -0.05) is 23.8 Å². The number of rotatable bonds is 4. The van der Waals surface area contributed by atoms with E-state index in [0.29, 0.717) is 12.2 Å². The molecule has 0 aliphatic heterocycles. The van der Waals surface area contributed by atoms with Crippen LogP contribution in [0.1, 0.15) is 20.8 Å². The standard InChI is InChI=1S/C17H14O3S/c1-11-5-7-12(8-6-11)20-10-13-9-15-14(17(18)19)3-2-4-16(15)21-13/h2-9H,10H2,1H3,(H,18,19). The van der Waals surface area contributed by atoms with Crippen LogP contribution in [-0.2, 0) is 6.61 Å². The summed E-state index contributed by atoms with van der Waals surface area (Å²) < 4.78 is 6.71. The Hall–Kier alpha value is -2.33. The zero-order chi connectivity index (χ0) is 14.8. The van der Waals surface area contributed by atoms with E-state index in [0.717, 1.165) is 20.7 Å². The van der Waals surface area contributed by atoms with E-state index >= 15 is 0 Å². The fourth-order valence-corrected chi connectivity index (χ4v) is 3.16.